The molecule has 272 valence electrons. The first-order valence-electron chi connectivity index (χ1n) is 18.6. The maximum absolute atomic E-state index is 17.0. The molecule has 2 saturated carbocycles. The molecule has 2 aromatic heterocycles. The number of fused-ring (bicyclic) bond motifs is 3. The first kappa shape index (κ1) is 34.4. The van der Waals surface area contributed by atoms with Crippen LogP contribution >= 0.6 is 0 Å². The van der Waals surface area contributed by atoms with E-state index < -0.39 is 17.7 Å². The third kappa shape index (κ3) is 6.38. The summed E-state index contributed by atoms with van der Waals surface area (Å²) in [7, 11) is 0. The summed E-state index contributed by atoms with van der Waals surface area (Å²) in [5.74, 6) is -0.835. The Kier molecular flexibility index (Phi) is 9.45. The molecular weight excluding hydrogens is 656 g/mol. The van der Waals surface area contributed by atoms with Gasteiger partial charge in [0.2, 0.25) is 0 Å². The Morgan fingerprint density at radius 3 is 2.65 bits per heavy atom. The quantitative estimate of drug-likeness (QED) is 0.214. The topological polar surface area (TPSA) is 124 Å². The zero-order valence-electron chi connectivity index (χ0n) is 29.2. The third-order valence-corrected chi connectivity index (χ3v) is 11.9. The Bertz CT molecular complexity index is 1920. The van der Waals surface area contributed by atoms with E-state index in [0.29, 0.717) is 65.8 Å². The SMILES string of the molecule is CCc1c(F)ccc2cc(O)cc(-c3ncc4c(N5CCOCC(O)C5)nc(OCC56CCCC5N(C5CCC(O)CC5)CCC6)nc4c3F)c12. The fourth-order valence-corrected chi connectivity index (χ4v) is 9.51. The van der Waals surface area contributed by atoms with Crippen molar-refractivity contribution in [2.45, 2.75) is 95.4 Å². The summed E-state index contributed by atoms with van der Waals surface area (Å²) in [4.78, 5) is 18.6. The van der Waals surface area contributed by atoms with Crippen molar-refractivity contribution >= 4 is 27.5 Å². The van der Waals surface area contributed by atoms with Gasteiger partial charge in [0, 0.05) is 42.3 Å². The third-order valence-electron chi connectivity index (χ3n) is 11.9. The summed E-state index contributed by atoms with van der Waals surface area (Å²) in [6.07, 6.45) is 9.94. The van der Waals surface area contributed by atoms with Gasteiger partial charge in [-0.15, -0.1) is 0 Å². The fraction of sp³-hybridized carbons (Fsp3) is 0.564. The van der Waals surface area contributed by atoms with Gasteiger partial charge >= 0.3 is 6.01 Å². The maximum atomic E-state index is 17.0. The van der Waals surface area contributed by atoms with E-state index in [1.807, 2.05) is 11.8 Å². The van der Waals surface area contributed by atoms with Gasteiger partial charge in [0.05, 0.1) is 37.4 Å². The Balaban J connectivity index is 1.20. The molecule has 3 N–H and O–H groups in total. The van der Waals surface area contributed by atoms with Crippen molar-refractivity contribution in [3.63, 3.8) is 0 Å². The minimum atomic E-state index is -0.771. The number of benzene rings is 2. The average molecular weight is 704 g/mol. The van der Waals surface area contributed by atoms with Gasteiger partial charge in [-0.1, -0.05) is 19.4 Å². The summed E-state index contributed by atoms with van der Waals surface area (Å²) < 4.78 is 44.2. The standard InChI is InChI=1S/C39H47F2N5O5/c1-2-28-31(40)11-6-23-17-26(48)18-29(33(23)28)35-34(41)36-30(19-42-35)37(45-15-16-50-21-27(49)20-45)44-38(43-36)51-22-39-12-3-5-32(39)46(14-4-13-39)24-7-9-25(47)10-8-24/h6,11,17-19,24-25,27,32,47-49H,2-5,7-10,12-16,20-22H2,1H3. The zero-order valence-corrected chi connectivity index (χ0v) is 29.2. The van der Waals surface area contributed by atoms with Crippen LogP contribution in [0, 0.1) is 17.0 Å². The number of aromatic hydroxyl groups is 1. The van der Waals surface area contributed by atoms with E-state index in [0.717, 1.165) is 64.3 Å². The normalized spacial score (nSPS) is 27.5. The summed E-state index contributed by atoms with van der Waals surface area (Å²) in [6.45, 7) is 4.46. The number of phenolic OH excluding ortho intramolecular Hbond substituents is 1. The Morgan fingerprint density at radius 1 is 1.00 bits per heavy atom. The molecule has 4 aliphatic rings. The summed E-state index contributed by atoms with van der Waals surface area (Å²) in [6, 6.07) is 6.76. The zero-order chi connectivity index (χ0) is 35.3. The van der Waals surface area contributed by atoms with E-state index in [1.165, 1.54) is 24.4 Å². The fourth-order valence-electron chi connectivity index (χ4n) is 9.51. The van der Waals surface area contributed by atoms with Gasteiger partial charge in [0.1, 0.15) is 28.6 Å². The number of aryl methyl sites for hydroxylation is 1. The minimum Gasteiger partial charge on any atom is -0.508 e. The number of β-amino-alcohol motifs (C(OH)–C–C–N with tert-alkyl or cyclic N) is 1. The van der Waals surface area contributed by atoms with Crippen molar-refractivity contribution in [2.24, 2.45) is 5.41 Å². The number of halogens is 2. The van der Waals surface area contributed by atoms with Gasteiger partial charge in [-0.3, -0.25) is 9.88 Å². The molecule has 51 heavy (non-hydrogen) atoms. The average Bonchev–Trinajstić information content (AvgIpc) is 3.45. The molecule has 3 unspecified atom stereocenters. The van der Waals surface area contributed by atoms with Gasteiger partial charge in [-0.05, 0) is 98.9 Å². The highest BCUT2D eigenvalue weighted by Gasteiger charge is 2.50. The van der Waals surface area contributed by atoms with Crippen LogP contribution in [0.1, 0.15) is 70.3 Å². The second-order valence-electron chi connectivity index (χ2n) is 15.0. The molecule has 10 nitrogen and oxygen atoms in total. The Hall–Kier alpha value is -3.71. The van der Waals surface area contributed by atoms with Crippen LogP contribution < -0.4 is 9.64 Å². The summed E-state index contributed by atoms with van der Waals surface area (Å²) in [5, 5.41) is 32.9. The highest BCUT2D eigenvalue weighted by atomic mass is 19.1. The molecule has 0 bridgehead atoms. The van der Waals surface area contributed by atoms with E-state index in [2.05, 4.69) is 14.9 Å². The molecule has 0 spiro atoms. The number of rotatable bonds is 7. The number of aliphatic hydroxyl groups is 2. The highest BCUT2D eigenvalue weighted by molar-refractivity contribution is 6.01. The predicted octanol–water partition coefficient (Wildman–Crippen LogP) is 5.91. The van der Waals surface area contributed by atoms with Gasteiger partial charge in [-0.25, -0.2) is 8.78 Å². The van der Waals surface area contributed by atoms with Crippen LogP contribution in [0.3, 0.4) is 0 Å². The van der Waals surface area contributed by atoms with Crippen LogP contribution in [0.15, 0.2) is 30.5 Å². The van der Waals surface area contributed by atoms with Crippen molar-refractivity contribution < 1.29 is 33.6 Å². The van der Waals surface area contributed by atoms with Crippen molar-refractivity contribution in [3.05, 3.63) is 47.7 Å². The van der Waals surface area contributed by atoms with E-state index in [-0.39, 0.29) is 53.2 Å². The number of phenols is 1. The second-order valence-corrected chi connectivity index (χ2v) is 15.0. The van der Waals surface area contributed by atoms with Crippen molar-refractivity contribution in [1.29, 1.82) is 0 Å². The molecule has 4 fully saturated rings. The lowest BCUT2D eigenvalue weighted by Crippen LogP contribution is -2.56. The van der Waals surface area contributed by atoms with E-state index in [4.69, 9.17) is 14.5 Å². The Labute approximate surface area is 296 Å². The molecule has 4 aromatic rings. The maximum Gasteiger partial charge on any atom is 0.319 e. The second kappa shape index (κ2) is 14.0. The smallest absolute Gasteiger partial charge is 0.319 e. The number of hydrogen-bond donors (Lipinski definition) is 3. The monoisotopic (exact) mass is 703 g/mol. The summed E-state index contributed by atoms with van der Waals surface area (Å²) >= 11 is 0. The van der Waals surface area contributed by atoms with E-state index in [9.17, 15) is 15.3 Å². The van der Waals surface area contributed by atoms with Crippen molar-refractivity contribution in [3.8, 4) is 23.0 Å². The van der Waals surface area contributed by atoms with Crippen LogP contribution in [0.25, 0.3) is 32.9 Å². The van der Waals surface area contributed by atoms with E-state index in [1.54, 1.807) is 6.07 Å². The summed E-state index contributed by atoms with van der Waals surface area (Å²) in [5.41, 5.74) is 0.534. The number of ether oxygens (including phenoxy) is 2. The van der Waals surface area contributed by atoms with Gasteiger partial charge in [-0.2, -0.15) is 9.97 Å². The number of piperidine rings is 1. The largest absolute Gasteiger partial charge is 0.508 e. The molecule has 2 aliphatic carbocycles. The van der Waals surface area contributed by atoms with Crippen molar-refractivity contribution in [2.75, 3.05) is 44.4 Å². The molecule has 2 aromatic carbocycles. The first-order chi connectivity index (χ1) is 24.7. The molecular formula is C39H47F2N5O5. The molecule has 12 heteroatoms. The lowest BCUT2D eigenvalue weighted by atomic mass is 9.74. The number of aromatic nitrogens is 3. The number of nitrogens with zero attached hydrogens (tertiary/aromatic N) is 5. The number of aliphatic hydroxyl groups excluding tert-OH is 2. The molecule has 0 radical (unpaired) electrons. The highest BCUT2D eigenvalue weighted by Crippen LogP contribution is 2.50. The Morgan fingerprint density at radius 2 is 1.82 bits per heavy atom. The molecule has 3 atom stereocenters. The van der Waals surface area contributed by atoms with Gasteiger partial charge in [0.25, 0.3) is 0 Å². The van der Waals surface area contributed by atoms with Gasteiger partial charge in [0.15, 0.2) is 5.82 Å². The van der Waals surface area contributed by atoms with Crippen LogP contribution in [0.2, 0.25) is 0 Å². The van der Waals surface area contributed by atoms with Crippen LogP contribution in [-0.2, 0) is 11.2 Å². The lowest BCUT2D eigenvalue weighted by molar-refractivity contribution is -0.0389. The number of anilines is 1. The molecule has 0 amide bonds. The molecule has 8 rings (SSSR count). The minimum absolute atomic E-state index is 0.00268. The first-order valence-corrected chi connectivity index (χ1v) is 18.6. The predicted molar refractivity (Wildman–Crippen MR) is 190 cm³/mol. The van der Waals surface area contributed by atoms with Crippen LogP contribution in [0.4, 0.5) is 14.6 Å². The number of hydrogen-bond acceptors (Lipinski definition) is 10. The van der Waals surface area contributed by atoms with E-state index >= 15 is 8.78 Å². The molecule has 4 heterocycles. The number of pyridine rings is 1. The van der Waals surface area contributed by atoms with Crippen molar-refractivity contribution in [1.82, 2.24) is 19.9 Å². The number of likely N-dealkylation sites (tertiary alicyclic amines) is 1. The van der Waals surface area contributed by atoms with Crippen LogP contribution in [-0.4, -0.2) is 98.9 Å². The van der Waals surface area contributed by atoms with Gasteiger partial charge < -0.3 is 29.7 Å². The molecule has 2 aliphatic heterocycles. The molecule has 2 saturated heterocycles. The van der Waals surface area contributed by atoms with Crippen LogP contribution in [0.5, 0.6) is 11.8 Å². The lowest BCUT2D eigenvalue weighted by Gasteiger charge is -2.50.